The number of carbonyl (C=O) groups excluding carboxylic acids is 1. The second-order valence-corrected chi connectivity index (χ2v) is 9.86. The first kappa shape index (κ1) is 29.2. The van der Waals surface area contributed by atoms with Crippen molar-refractivity contribution in [2.45, 2.75) is 12.6 Å². The maximum Gasteiger partial charge on any atom is 0.490 e. The second kappa shape index (κ2) is 13.3. The van der Waals surface area contributed by atoms with E-state index in [4.69, 9.17) is 9.90 Å². The third-order valence-corrected chi connectivity index (χ3v) is 7.09. The standard InChI is InChI=1S/C21H26FN3O3S.C2HF3O2/c22-20-9-5-4-8-19(20)21(26)24(13-10-18-6-2-1-3-7-18)16-17-29(27,28)25-14-11-23-12-15-25;3-2(4,5)1(6)7/h1-9,23H,10-17H2;(H,6,7). The van der Waals surface area contributed by atoms with Crippen molar-refractivity contribution in [1.82, 2.24) is 14.5 Å². The summed E-state index contributed by atoms with van der Waals surface area (Å²) in [7, 11) is -3.48. The summed E-state index contributed by atoms with van der Waals surface area (Å²) in [6.45, 7) is 2.41. The third-order valence-electron chi connectivity index (χ3n) is 5.24. The predicted molar refractivity (Wildman–Crippen MR) is 124 cm³/mol. The molecule has 8 nitrogen and oxygen atoms in total. The van der Waals surface area contributed by atoms with Crippen LogP contribution < -0.4 is 5.32 Å². The first-order chi connectivity index (χ1) is 16.9. The van der Waals surface area contributed by atoms with Gasteiger partial charge < -0.3 is 15.3 Å². The van der Waals surface area contributed by atoms with E-state index in [1.54, 1.807) is 6.07 Å². The molecule has 1 heterocycles. The summed E-state index contributed by atoms with van der Waals surface area (Å²) in [6, 6.07) is 15.4. The minimum atomic E-state index is -5.08. The van der Waals surface area contributed by atoms with Crippen molar-refractivity contribution in [1.29, 1.82) is 0 Å². The lowest BCUT2D eigenvalue weighted by Gasteiger charge is -2.28. The van der Waals surface area contributed by atoms with Crippen LogP contribution in [0.15, 0.2) is 54.6 Å². The number of carboxylic acids is 1. The van der Waals surface area contributed by atoms with Gasteiger partial charge in [-0.2, -0.15) is 17.5 Å². The molecular weight excluding hydrogens is 506 g/mol. The number of carboxylic acid groups (broad SMARTS) is 1. The predicted octanol–water partition coefficient (Wildman–Crippen LogP) is 2.38. The average Bonchev–Trinajstić information content (AvgIpc) is 2.85. The monoisotopic (exact) mass is 533 g/mol. The lowest BCUT2D eigenvalue weighted by molar-refractivity contribution is -0.192. The molecule has 2 aromatic carbocycles. The first-order valence-electron chi connectivity index (χ1n) is 11.0. The fraction of sp³-hybridized carbons (Fsp3) is 0.391. The highest BCUT2D eigenvalue weighted by atomic mass is 32.2. The first-order valence-corrected chi connectivity index (χ1v) is 12.6. The van der Waals surface area contributed by atoms with Crippen LogP contribution in [0.5, 0.6) is 0 Å². The molecule has 0 aliphatic carbocycles. The molecule has 36 heavy (non-hydrogen) atoms. The van der Waals surface area contributed by atoms with Gasteiger partial charge in [0.15, 0.2) is 0 Å². The van der Waals surface area contributed by atoms with Gasteiger partial charge in [-0.3, -0.25) is 4.79 Å². The number of halogens is 4. The summed E-state index contributed by atoms with van der Waals surface area (Å²) >= 11 is 0. The van der Waals surface area contributed by atoms with Crippen LogP contribution in [0.3, 0.4) is 0 Å². The van der Waals surface area contributed by atoms with Gasteiger partial charge in [-0.1, -0.05) is 42.5 Å². The van der Waals surface area contributed by atoms with E-state index in [0.717, 1.165) is 5.56 Å². The van der Waals surface area contributed by atoms with Crippen LogP contribution in [0.1, 0.15) is 15.9 Å². The fourth-order valence-electron chi connectivity index (χ4n) is 3.31. The third kappa shape index (κ3) is 9.21. The van der Waals surface area contributed by atoms with Crippen molar-refractivity contribution >= 4 is 21.9 Å². The van der Waals surface area contributed by atoms with E-state index in [9.17, 15) is 30.8 Å². The number of amides is 1. The van der Waals surface area contributed by atoms with Crippen molar-refractivity contribution < 1.29 is 40.7 Å². The summed E-state index contributed by atoms with van der Waals surface area (Å²) in [4.78, 5) is 23.3. The Hall–Kier alpha value is -3.03. The highest BCUT2D eigenvalue weighted by Gasteiger charge is 2.38. The summed E-state index contributed by atoms with van der Waals surface area (Å²) in [5, 5.41) is 10.2. The number of benzene rings is 2. The van der Waals surface area contributed by atoms with Crippen LogP contribution >= 0.6 is 0 Å². The molecule has 198 valence electrons. The molecular formula is C23H27F4N3O5S. The van der Waals surface area contributed by atoms with Crippen LogP contribution in [-0.4, -0.2) is 85.8 Å². The minimum absolute atomic E-state index is 0.0201. The van der Waals surface area contributed by atoms with Crippen LogP contribution in [0.25, 0.3) is 0 Å². The number of rotatable bonds is 8. The summed E-state index contributed by atoms with van der Waals surface area (Å²) in [6.07, 6.45) is -4.52. The lowest BCUT2D eigenvalue weighted by atomic mass is 10.1. The molecule has 0 bridgehead atoms. The number of hydrogen-bond donors (Lipinski definition) is 2. The van der Waals surface area contributed by atoms with E-state index in [1.165, 1.54) is 27.4 Å². The van der Waals surface area contributed by atoms with Crippen LogP contribution in [-0.2, 0) is 21.2 Å². The normalized spacial score (nSPS) is 14.4. The van der Waals surface area contributed by atoms with Crippen LogP contribution in [0, 0.1) is 5.82 Å². The lowest BCUT2D eigenvalue weighted by Crippen LogP contribution is -2.48. The number of piperazine rings is 1. The van der Waals surface area contributed by atoms with Crippen LogP contribution in [0.4, 0.5) is 17.6 Å². The Balaban J connectivity index is 0.000000572. The number of hydrogen-bond acceptors (Lipinski definition) is 5. The van der Waals surface area contributed by atoms with Crippen molar-refractivity contribution in [3.05, 3.63) is 71.5 Å². The van der Waals surface area contributed by atoms with Crippen LogP contribution in [0.2, 0.25) is 0 Å². The maximum atomic E-state index is 14.1. The van der Waals surface area contributed by atoms with Gasteiger partial charge in [0.1, 0.15) is 5.82 Å². The molecule has 0 atom stereocenters. The molecule has 0 unspecified atom stereocenters. The van der Waals surface area contributed by atoms with Gasteiger partial charge in [0.2, 0.25) is 10.0 Å². The SMILES string of the molecule is O=C(O)C(F)(F)F.O=C(c1ccccc1F)N(CCc1ccccc1)CCS(=O)(=O)N1CCNCC1. The zero-order valence-electron chi connectivity index (χ0n) is 19.2. The second-order valence-electron chi connectivity index (χ2n) is 7.78. The highest BCUT2D eigenvalue weighted by molar-refractivity contribution is 7.89. The Labute approximate surface area is 206 Å². The molecule has 0 saturated carbocycles. The number of alkyl halides is 3. The molecule has 1 saturated heterocycles. The van der Waals surface area contributed by atoms with Gasteiger partial charge >= 0.3 is 12.1 Å². The summed E-state index contributed by atoms with van der Waals surface area (Å²) < 4.78 is 72.7. The molecule has 0 radical (unpaired) electrons. The van der Waals surface area contributed by atoms with Crippen molar-refractivity contribution in [2.24, 2.45) is 0 Å². The smallest absolute Gasteiger partial charge is 0.475 e. The minimum Gasteiger partial charge on any atom is -0.475 e. The van der Waals surface area contributed by atoms with Crippen molar-refractivity contribution in [3.8, 4) is 0 Å². The number of sulfonamides is 1. The molecule has 3 rings (SSSR count). The summed E-state index contributed by atoms with van der Waals surface area (Å²) in [5.74, 6) is -4.03. The van der Waals surface area contributed by atoms with Crippen molar-refractivity contribution in [2.75, 3.05) is 45.0 Å². The molecule has 1 fully saturated rings. The number of aliphatic carboxylic acids is 1. The molecule has 13 heteroatoms. The Morgan fingerprint density at radius 3 is 2.08 bits per heavy atom. The number of nitrogens with one attached hydrogen (secondary N) is 1. The molecule has 1 aliphatic heterocycles. The average molecular weight is 534 g/mol. The molecule has 2 aromatic rings. The van der Waals surface area contributed by atoms with E-state index in [1.807, 2.05) is 30.3 Å². The molecule has 0 spiro atoms. The van der Waals surface area contributed by atoms with Gasteiger partial charge in [0.05, 0.1) is 11.3 Å². The van der Waals surface area contributed by atoms with Crippen molar-refractivity contribution in [3.63, 3.8) is 0 Å². The molecule has 1 aliphatic rings. The quantitative estimate of drug-likeness (QED) is 0.505. The maximum absolute atomic E-state index is 14.1. The Morgan fingerprint density at radius 1 is 0.972 bits per heavy atom. The van der Waals surface area contributed by atoms with E-state index in [-0.39, 0.29) is 17.9 Å². The fourth-order valence-corrected chi connectivity index (χ4v) is 4.75. The van der Waals surface area contributed by atoms with E-state index < -0.39 is 33.9 Å². The number of carbonyl (C=O) groups is 2. The van der Waals surface area contributed by atoms with Gasteiger partial charge in [-0.05, 0) is 24.1 Å². The van der Waals surface area contributed by atoms with Gasteiger partial charge in [0, 0.05) is 39.3 Å². The molecule has 2 N–H and O–H groups in total. The topological polar surface area (TPSA) is 107 Å². The highest BCUT2D eigenvalue weighted by Crippen LogP contribution is 2.14. The molecule has 0 aromatic heterocycles. The van der Waals surface area contributed by atoms with Gasteiger partial charge in [-0.15, -0.1) is 0 Å². The zero-order valence-corrected chi connectivity index (χ0v) is 20.1. The molecule has 1 amide bonds. The van der Waals surface area contributed by atoms with Gasteiger partial charge in [-0.25, -0.2) is 17.6 Å². The van der Waals surface area contributed by atoms with E-state index in [2.05, 4.69) is 5.32 Å². The van der Waals surface area contributed by atoms with E-state index >= 15 is 0 Å². The van der Waals surface area contributed by atoms with E-state index in [0.29, 0.717) is 39.1 Å². The Kier molecular flexibility index (Phi) is 10.8. The summed E-state index contributed by atoms with van der Waals surface area (Å²) in [5.41, 5.74) is 0.990. The Bertz CT molecular complexity index is 1110. The zero-order chi connectivity index (χ0) is 26.8. The van der Waals surface area contributed by atoms with Gasteiger partial charge in [0.25, 0.3) is 5.91 Å². The Morgan fingerprint density at radius 2 is 1.53 bits per heavy atom. The largest absolute Gasteiger partial charge is 0.490 e. The number of nitrogens with zero attached hydrogens (tertiary/aromatic N) is 2.